The SMILES string of the molecule is CNC(C)c1cccc(F)c1N(Cc1ccsc1)C1CC1. The molecule has 1 N–H and O–H groups in total. The van der Waals surface area contributed by atoms with Crippen molar-refractivity contribution in [1.29, 1.82) is 0 Å². The van der Waals surface area contributed by atoms with Gasteiger partial charge in [0.05, 0.1) is 5.69 Å². The predicted octanol–water partition coefficient (Wildman–Crippen LogP) is 4.34. The fourth-order valence-corrected chi connectivity index (χ4v) is 3.36. The molecule has 21 heavy (non-hydrogen) atoms. The molecule has 2 aromatic rings. The van der Waals surface area contributed by atoms with Crippen LogP contribution in [0.3, 0.4) is 0 Å². The third-order valence-electron chi connectivity index (χ3n) is 4.13. The van der Waals surface area contributed by atoms with E-state index in [1.165, 1.54) is 5.56 Å². The molecule has 1 aromatic heterocycles. The first-order valence-electron chi connectivity index (χ1n) is 7.44. The lowest BCUT2D eigenvalue weighted by atomic mass is 10.0. The summed E-state index contributed by atoms with van der Waals surface area (Å²) in [6.07, 6.45) is 2.32. The molecule has 0 amide bonds. The summed E-state index contributed by atoms with van der Waals surface area (Å²) in [5.41, 5.74) is 3.07. The van der Waals surface area contributed by atoms with Crippen LogP contribution in [-0.2, 0) is 6.54 Å². The van der Waals surface area contributed by atoms with Crippen molar-refractivity contribution in [3.8, 4) is 0 Å². The van der Waals surface area contributed by atoms with Crippen LogP contribution in [-0.4, -0.2) is 13.1 Å². The third-order valence-corrected chi connectivity index (χ3v) is 4.86. The van der Waals surface area contributed by atoms with Crippen LogP contribution in [0, 0.1) is 5.82 Å². The Morgan fingerprint density at radius 3 is 2.81 bits per heavy atom. The Kier molecular flexibility index (Phi) is 4.27. The molecule has 3 rings (SSSR count). The number of nitrogens with one attached hydrogen (secondary N) is 1. The van der Waals surface area contributed by atoms with E-state index in [1.807, 2.05) is 13.1 Å². The third kappa shape index (κ3) is 3.11. The van der Waals surface area contributed by atoms with Crippen LogP contribution >= 0.6 is 11.3 Å². The number of anilines is 1. The molecule has 1 saturated carbocycles. The highest BCUT2D eigenvalue weighted by Crippen LogP contribution is 2.38. The van der Waals surface area contributed by atoms with E-state index < -0.39 is 0 Å². The van der Waals surface area contributed by atoms with Crippen LogP contribution < -0.4 is 10.2 Å². The highest BCUT2D eigenvalue weighted by Gasteiger charge is 2.32. The number of hydrogen-bond acceptors (Lipinski definition) is 3. The molecule has 1 aliphatic carbocycles. The van der Waals surface area contributed by atoms with Crippen molar-refractivity contribution < 1.29 is 4.39 Å². The first-order valence-corrected chi connectivity index (χ1v) is 8.38. The number of para-hydroxylation sites is 1. The van der Waals surface area contributed by atoms with E-state index in [9.17, 15) is 4.39 Å². The summed E-state index contributed by atoms with van der Waals surface area (Å²) < 4.78 is 14.5. The average molecular weight is 304 g/mol. The maximum atomic E-state index is 14.5. The molecule has 1 aromatic carbocycles. The minimum atomic E-state index is -0.114. The molecular weight excluding hydrogens is 283 g/mol. The Morgan fingerprint density at radius 2 is 2.19 bits per heavy atom. The van der Waals surface area contributed by atoms with E-state index in [0.717, 1.165) is 30.6 Å². The van der Waals surface area contributed by atoms with Crippen LogP contribution in [0.4, 0.5) is 10.1 Å². The Morgan fingerprint density at radius 1 is 1.38 bits per heavy atom. The number of nitrogens with zero attached hydrogens (tertiary/aromatic N) is 1. The summed E-state index contributed by atoms with van der Waals surface area (Å²) in [4.78, 5) is 2.25. The first-order chi connectivity index (χ1) is 10.2. The normalized spacial score (nSPS) is 16.0. The molecule has 1 fully saturated rings. The lowest BCUT2D eigenvalue weighted by Gasteiger charge is -2.29. The van der Waals surface area contributed by atoms with Crippen LogP contribution in [0.1, 0.15) is 36.9 Å². The fourth-order valence-electron chi connectivity index (χ4n) is 2.70. The van der Waals surface area contributed by atoms with Crippen molar-refractivity contribution in [3.05, 3.63) is 52.0 Å². The minimum Gasteiger partial charge on any atom is -0.362 e. The van der Waals surface area contributed by atoms with Gasteiger partial charge in [0.2, 0.25) is 0 Å². The van der Waals surface area contributed by atoms with Gasteiger partial charge >= 0.3 is 0 Å². The molecule has 0 saturated heterocycles. The van der Waals surface area contributed by atoms with Gasteiger partial charge < -0.3 is 10.2 Å². The van der Waals surface area contributed by atoms with Crippen molar-refractivity contribution >= 4 is 17.0 Å². The van der Waals surface area contributed by atoms with Crippen molar-refractivity contribution in [2.45, 2.75) is 38.4 Å². The van der Waals surface area contributed by atoms with Crippen LogP contribution in [0.5, 0.6) is 0 Å². The van der Waals surface area contributed by atoms with Gasteiger partial charge in [-0.05, 0) is 60.8 Å². The van der Waals surface area contributed by atoms with Crippen molar-refractivity contribution in [3.63, 3.8) is 0 Å². The maximum absolute atomic E-state index is 14.5. The molecule has 2 nitrogen and oxygen atoms in total. The zero-order valence-electron chi connectivity index (χ0n) is 12.5. The summed E-state index contributed by atoms with van der Waals surface area (Å²) in [5.74, 6) is -0.114. The Bertz CT molecular complexity index is 593. The fraction of sp³-hybridized carbons (Fsp3) is 0.412. The molecule has 1 unspecified atom stereocenters. The number of thiophene rings is 1. The topological polar surface area (TPSA) is 15.3 Å². The van der Waals surface area contributed by atoms with Gasteiger partial charge in [0.1, 0.15) is 5.82 Å². The van der Waals surface area contributed by atoms with Gasteiger partial charge in [0.25, 0.3) is 0 Å². The number of halogens is 1. The molecule has 0 bridgehead atoms. The second-order valence-electron chi connectivity index (χ2n) is 5.68. The van der Waals surface area contributed by atoms with Gasteiger partial charge in [-0.1, -0.05) is 12.1 Å². The highest BCUT2D eigenvalue weighted by molar-refractivity contribution is 7.07. The number of rotatable bonds is 6. The average Bonchev–Trinajstić information content (AvgIpc) is 3.21. The molecule has 1 aliphatic rings. The first kappa shape index (κ1) is 14.5. The molecular formula is C17H21FN2S. The van der Waals surface area contributed by atoms with Crippen LogP contribution in [0.15, 0.2) is 35.0 Å². The lowest BCUT2D eigenvalue weighted by Crippen LogP contribution is -2.28. The smallest absolute Gasteiger partial charge is 0.146 e. The molecule has 1 atom stereocenters. The summed E-state index contributed by atoms with van der Waals surface area (Å²) in [5, 5.41) is 7.46. The van der Waals surface area contributed by atoms with Crippen molar-refractivity contribution in [1.82, 2.24) is 5.32 Å². The summed E-state index contributed by atoms with van der Waals surface area (Å²) >= 11 is 1.70. The second kappa shape index (κ2) is 6.16. The quantitative estimate of drug-likeness (QED) is 0.854. The largest absolute Gasteiger partial charge is 0.362 e. The van der Waals surface area contributed by atoms with Crippen molar-refractivity contribution in [2.24, 2.45) is 0 Å². The van der Waals surface area contributed by atoms with Gasteiger partial charge in [-0.3, -0.25) is 0 Å². The van der Waals surface area contributed by atoms with E-state index in [1.54, 1.807) is 23.5 Å². The monoisotopic (exact) mass is 304 g/mol. The van der Waals surface area contributed by atoms with E-state index in [4.69, 9.17) is 0 Å². The Balaban J connectivity index is 1.98. The van der Waals surface area contributed by atoms with Crippen LogP contribution in [0.2, 0.25) is 0 Å². The minimum absolute atomic E-state index is 0.114. The van der Waals surface area contributed by atoms with Gasteiger partial charge in [0.15, 0.2) is 0 Å². The van der Waals surface area contributed by atoms with E-state index in [0.29, 0.717) is 6.04 Å². The van der Waals surface area contributed by atoms with Gasteiger partial charge in [-0.2, -0.15) is 11.3 Å². The standard InChI is InChI=1S/C17H21FN2S/c1-12(19-2)15-4-3-5-16(18)17(15)20(14-6-7-14)10-13-8-9-21-11-13/h3-5,8-9,11-12,14,19H,6-7,10H2,1-2H3. The maximum Gasteiger partial charge on any atom is 0.146 e. The Hall–Kier alpha value is -1.39. The number of benzene rings is 1. The van der Waals surface area contributed by atoms with Gasteiger partial charge in [-0.15, -0.1) is 0 Å². The molecule has 0 aliphatic heterocycles. The lowest BCUT2D eigenvalue weighted by molar-refractivity contribution is 0.594. The summed E-state index contributed by atoms with van der Waals surface area (Å²) in [6, 6.07) is 8.15. The highest BCUT2D eigenvalue weighted by atomic mass is 32.1. The zero-order valence-corrected chi connectivity index (χ0v) is 13.3. The molecule has 1 heterocycles. The van der Waals surface area contributed by atoms with Crippen LogP contribution in [0.25, 0.3) is 0 Å². The van der Waals surface area contributed by atoms with Gasteiger partial charge in [0, 0.05) is 18.6 Å². The summed E-state index contributed by atoms with van der Waals surface area (Å²) in [7, 11) is 1.92. The van der Waals surface area contributed by atoms with E-state index in [2.05, 4.69) is 34.0 Å². The molecule has 0 radical (unpaired) electrons. The van der Waals surface area contributed by atoms with E-state index in [-0.39, 0.29) is 11.9 Å². The molecule has 0 spiro atoms. The summed E-state index contributed by atoms with van der Waals surface area (Å²) in [6.45, 7) is 2.87. The Labute approximate surface area is 129 Å². The second-order valence-corrected chi connectivity index (χ2v) is 6.46. The zero-order chi connectivity index (χ0) is 14.8. The van der Waals surface area contributed by atoms with Gasteiger partial charge in [-0.25, -0.2) is 4.39 Å². The van der Waals surface area contributed by atoms with E-state index >= 15 is 0 Å². The molecule has 4 heteroatoms. The number of hydrogen-bond donors (Lipinski definition) is 1. The molecule has 112 valence electrons. The van der Waals surface area contributed by atoms with Crippen molar-refractivity contribution in [2.75, 3.05) is 11.9 Å². The predicted molar refractivity (Wildman–Crippen MR) is 87.4 cm³/mol.